The zero-order valence-electron chi connectivity index (χ0n) is 9.72. The molecule has 0 aromatic heterocycles. The standard InChI is InChI=1S/C14H15NO2/c1-12-7-9-13(10-8-12)16-11-15-17-14-5-3-2-4-6-14/h2-10,15H,11H2,1H3. The summed E-state index contributed by atoms with van der Waals surface area (Å²) in [6.45, 7) is 2.35. The van der Waals surface area contributed by atoms with Crippen LogP contribution in [0.3, 0.4) is 0 Å². The summed E-state index contributed by atoms with van der Waals surface area (Å²) in [7, 11) is 0. The summed E-state index contributed by atoms with van der Waals surface area (Å²) in [6, 6.07) is 17.4. The molecule has 0 saturated heterocycles. The number of benzene rings is 2. The van der Waals surface area contributed by atoms with Crippen LogP contribution in [0.25, 0.3) is 0 Å². The van der Waals surface area contributed by atoms with Crippen LogP contribution in [0.1, 0.15) is 5.56 Å². The number of hydrogen-bond acceptors (Lipinski definition) is 3. The maximum atomic E-state index is 5.45. The van der Waals surface area contributed by atoms with Crippen LogP contribution in [0.15, 0.2) is 54.6 Å². The molecule has 88 valence electrons. The quantitative estimate of drug-likeness (QED) is 0.486. The van der Waals surface area contributed by atoms with E-state index < -0.39 is 0 Å². The molecular formula is C14H15NO2. The fraction of sp³-hybridized carbons (Fsp3) is 0.143. The minimum absolute atomic E-state index is 0.304. The summed E-state index contributed by atoms with van der Waals surface area (Å²) < 4.78 is 5.45. The lowest BCUT2D eigenvalue weighted by molar-refractivity contribution is 0.115. The van der Waals surface area contributed by atoms with Gasteiger partial charge in [-0.2, -0.15) is 0 Å². The summed E-state index contributed by atoms with van der Waals surface area (Å²) in [6.07, 6.45) is 0. The molecule has 17 heavy (non-hydrogen) atoms. The molecule has 3 nitrogen and oxygen atoms in total. The number of aryl methyl sites for hydroxylation is 1. The lowest BCUT2D eigenvalue weighted by Crippen LogP contribution is -2.23. The van der Waals surface area contributed by atoms with Gasteiger partial charge in [-0.3, -0.25) is 0 Å². The first-order valence-electron chi connectivity index (χ1n) is 5.49. The molecule has 0 bridgehead atoms. The molecular weight excluding hydrogens is 214 g/mol. The van der Waals surface area contributed by atoms with Crippen molar-refractivity contribution in [2.45, 2.75) is 6.92 Å². The van der Waals surface area contributed by atoms with E-state index in [1.807, 2.05) is 61.5 Å². The highest BCUT2D eigenvalue weighted by Crippen LogP contribution is 2.11. The Balaban J connectivity index is 1.71. The number of hydrogen-bond donors (Lipinski definition) is 1. The van der Waals surface area contributed by atoms with E-state index >= 15 is 0 Å². The fourth-order valence-electron chi connectivity index (χ4n) is 1.35. The van der Waals surface area contributed by atoms with Gasteiger partial charge in [-0.15, -0.1) is 5.48 Å². The third-order valence-electron chi connectivity index (χ3n) is 2.25. The minimum Gasteiger partial charge on any atom is -0.475 e. The SMILES string of the molecule is Cc1ccc(OCNOc2ccccc2)cc1. The number of rotatable bonds is 5. The zero-order valence-corrected chi connectivity index (χ0v) is 9.72. The van der Waals surface area contributed by atoms with E-state index in [4.69, 9.17) is 9.57 Å². The van der Waals surface area contributed by atoms with Crippen LogP contribution < -0.4 is 15.1 Å². The van der Waals surface area contributed by atoms with Crippen molar-refractivity contribution in [3.05, 3.63) is 60.2 Å². The first-order valence-corrected chi connectivity index (χ1v) is 5.49. The summed E-state index contributed by atoms with van der Waals surface area (Å²) in [5, 5.41) is 0. The van der Waals surface area contributed by atoms with Crippen molar-refractivity contribution < 1.29 is 9.57 Å². The van der Waals surface area contributed by atoms with E-state index in [2.05, 4.69) is 5.48 Å². The molecule has 2 aromatic rings. The summed E-state index contributed by atoms with van der Waals surface area (Å²) in [5.41, 5.74) is 3.96. The maximum absolute atomic E-state index is 5.45. The van der Waals surface area contributed by atoms with Crippen LogP contribution in [-0.2, 0) is 0 Å². The Hall–Kier alpha value is -2.00. The molecule has 0 aliphatic rings. The lowest BCUT2D eigenvalue weighted by atomic mass is 10.2. The van der Waals surface area contributed by atoms with E-state index in [0.717, 1.165) is 11.5 Å². The number of nitrogens with one attached hydrogen (secondary N) is 1. The van der Waals surface area contributed by atoms with Crippen molar-refractivity contribution in [2.24, 2.45) is 0 Å². The second kappa shape index (κ2) is 5.92. The Morgan fingerprint density at radius 1 is 0.882 bits per heavy atom. The number of para-hydroxylation sites is 1. The summed E-state index contributed by atoms with van der Waals surface area (Å²) in [4.78, 5) is 5.28. The molecule has 0 spiro atoms. The van der Waals surface area contributed by atoms with Gasteiger partial charge < -0.3 is 9.57 Å². The number of ether oxygens (including phenoxy) is 1. The average Bonchev–Trinajstić information content (AvgIpc) is 2.38. The molecule has 0 aliphatic heterocycles. The normalized spacial score (nSPS) is 9.94. The van der Waals surface area contributed by atoms with Crippen LogP contribution in [0, 0.1) is 6.92 Å². The van der Waals surface area contributed by atoms with Crippen LogP contribution in [0.4, 0.5) is 0 Å². The van der Waals surface area contributed by atoms with E-state index in [-0.39, 0.29) is 0 Å². The lowest BCUT2D eigenvalue weighted by Gasteiger charge is -2.08. The van der Waals surface area contributed by atoms with Crippen LogP contribution in [-0.4, -0.2) is 6.73 Å². The van der Waals surface area contributed by atoms with Gasteiger partial charge in [0.15, 0.2) is 6.73 Å². The molecule has 0 aliphatic carbocycles. The van der Waals surface area contributed by atoms with E-state index in [1.54, 1.807) is 0 Å². The first-order chi connectivity index (χ1) is 8.34. The van der Waals surface area contributed by atoms with Crippen molar-refractivity contribution in [3.63, 3.8) is 0 Å². The molecule has 1 N–H and O–H groups in total. The highest BCUT2D eigenvalue weighted by molar-refractivity contribution is 5.26. The van der Waals surface area contributed by atoms with Gasteiger partial charge in [0.1, 0.15) is 11.5 Å². The summed E-state index contributed by atoms with van der Waals surface area (Å²) >= 11 is 0. The second-order valence-electron chi connectivity index (χ2n) is 3.66. The van der Waals surface area contributed by atoms with Crippen molar-refractivity contribution in [1.82, 2.24) is 5.48 Å². The molecule has 0 radical (unpaired) electrons. The monoisotopic (exact) mass is 229 g/mol. The largest absolute Gasteiger partial charge is 0.475 e. The van der Waals surface area contributed by atoms with Crippen molar-refractivity contribution in [3.8, 4) is 11.5 Å². The number of hydroxylamine groups is 1. The Morgan fingerprint density at radius 2 is 1.59 bits per heavy atom. The van der Waals surface area contributed by atoms with Crippen molar-refractivity contribution in [1.29, 1.82) is 0 Å². The predicted molar refractivity (Wildman–Crippen MR) is 66.9 cm³/mol. The highest BCUT2D eigenvalue weighted by Gasteiger charge is 1.93. The van der Waals surface area contributed by atoms with Crippen molar-refractivity contribution in [2.75, 3.05) is 6.73 Å². The highest BCUT2D eigenvalue weighted by atomic mass is 16.7. The molecule has 0 fully saturated rings. The summed E-state index contributed by atoms with van der Waals surface area (Å²) in [5.74, 6) is 1.58. The van der Waals surface area contributed by atoms with Crippen LogP contribution in [0.2, 0.25) is 0 Å². The minimum atomic E-state index is 0.304. The Kier molecular flexibility index (Phi) is 4.00. The maximum Gasteiger partial charge on any atom is 0.170 e. The van der Waals surface area contributed by atoms with Gasteiger partial charge in [0, 0.05) is 0 Å². The Bertz CT molecular complexity index is 440. The molecule has 0 saturated carbocycles. The third-order valence-corrected chi connectivity index (χ3v) is 2.25. The average molecular weight is 229 g/mol. The molecule has 2 aromatic carbocycles. The smallest absolute Gasteiger partial charge is 0.170 e. The van der Waals surface area contributed by atoms with Gasteiger partial charge in [-0.05, 0) is 31.2 Å². The van der Waals surface area contributed by atoms with Gasteiger partial charge in [0.05, 0.1) is 0 Å². The van der Waals surface area contributed by atoms with E-state index in [0.29, 0.717) is 6.73 Å². The third kappa shape index (κ3) is 3.81. The first kappa shape index (κ1) is 11.5. The van der Waals surface area contributed by atoms with Gasteiger partial charge >= 0.3 is 0 Å². The van der Waals surface area contributed by atoms with Crippen LogP contribution in [0.5, 0.6) is 11.5 Å². The van der Waals surface area contributed by atoms with Crippen LogP contribution >= 0.6 is 0 Å². The van der Waals surface area contributed by atoms with Gasteiger partial charge in [0.2, 0.25) is 0 Å². The van der Waals surface area contributed by atoms with Crippen molar-refractivity contribution >= 4 is 0 Å². The molecule has 3 heteroatoms. The zero-order chi connectivity index (χ0) is 11.9. The molecule has 2 rings (SSSR count). The van der Waals surface area contributed by atoms with E-state index in [1.165, 1.54) is 5.56 Å². The van der Waals surface area contributed by atoms with Gasteiger partial charge in [-0.1, -0.05) is 35.9 Å². The van der Waals surface area contributed by atoms with E-state index in [9.17, 15) is 0 Å². The molecule has 0 heterocycles. The Morgan fingerprint density at radius 3 is 2.29 bits per heavy atom. The Labute approximate surface area is 101 Å². The topological polar surface area (TPSA) is 30.5 Å². The fourth-order valence-corrected chi connectivity index (χ4v) is 1.35. The van der Waals surface area contributed by atoms with Gasteiger partial charge in [-0.25, -0.2) is 0 Å². The predicted octanol–water partition coefficient (Wildman–Crippen LogP) is 2.91. The molecule has 0 unspecified atom stereocenters. The molecule has 0 atom stereocenters. The second-order valence-corrected chi connectivity index (χ2v) is 3.66. The molecule has 0 amide bonds. The van der Waals surface area contributed by atoms with Gasteiger partial charge in [0.25, 0.3) is 0 Å².